The fourth-order valence-corrected chi connectivity index (χ4v) is 5.65. The van der Waals surface area contributed by atoms with Crippen LogP contribution in [0.2, 0.25) is 0 Å². The topological polar surface area (TPSA) is 124 Å². The number of carbonyl (C=O) groups is 1. The molecule has 1 saturated heterocycles. The zero-order chi connectivity index (χ0) is 26.6. The van der Waals surface area contributed by atoms with Gasteiger partial charge in [0.05, 0.1) is 23.5 Å². The summed E-state index contributed by atoms with van der Waals surface area (Å²) in [6, 6.07) is 8.40. The number of aryl methyl sites for hydroxylation is 1. The number of nitriles is 1. The molecule has 0 spiro atoms. The molecule has 2 N–H and O–H groups in total. The Bertz CT molecular complexity index is 1540. The first-order chi connectivity index (χ1) is 18.3. The summed E-state index contributed by atoms with van der Waals surface area (Å²) in [6.45, 7) is 6.11. The summed E-state index contributed by atoms with van der Waals surface area (Å²) in [5, 5.41) is 31.2. The van der Waals surface area contributed by atoms with Gasteiger partial charge in [-0.3, -0.25) is 9.48 Å². The summed E-state index contributed by atoms with van der Waals surface area (Å²) in [7, 11) is 1.88. The molecule has 1 amide bonds. The van der Waals surface area contributed by atoms with Gasteiger partial charge in [0.2, 0.25) is 5.91 Å². The van der Waals surface area contributed by atoms with Gasteiger partial charge in [-0.05, 0) is 41.9 Å². The van der Waals surface area contributed by atoms with Gasteiger partial charge < -0.3 is 15.3 Å². The number of rotatable bonds is 7. The number of aliphatic hydroxyl groups excluding tert-OH is 1. The van der Waals surface area contributed by atoms with Gasteiger partial charge >= 0.3 is 0 Å². The molecule has 2 aliphatic rings. The number of aliphatic hydroxyl groups is 1. The number of piperidine rings is 1. The Hall–Kier alpha value is -4.23. The molecule has 1 aliphatic carbocycles. The van der Waals surface area contributed by atoms with E-state index in [0.29, 0.717) is 29.9 Å². The average molecular weight is 511 g/mol. The molecule has 4 aromatic rings. The maximum absolute atomic E-state index is 12.1. The fourth-order valence-electron chi connectivity index (χ4n) is 5.65. The van der Waals surface area contributed by atoms with E-state index < -0.39 is 6.10 Å². The Morgan fingerprint density at radius 1 is 1.13 bits per heavy atom. The number of carbonyl (C=O) groups excluding carboxylic acids is 1. The van der Waals surface area contributed by atoms with E-state index in [2.05, 4.69) is 32.5 Å². The van der Waals surface area contributed by atoms with Gasteiger partial charge in [-0.1, -0.05) is 13.8 Å². The second-order valence-corrected chi connectivity index (χ2v) is 10.7. The fraction of sp³-hybridized carbons (Fsp3) is 0.393. The van der Waals surface area contributed by atoms with Crippen LogP contribution in [0.25, 0.3) is 27.8 Å². The summed E-state index contributed by atoms with van der Waals surface area (Å²) in [5.41, 5.74) is 4.99. The van der Waals surface area contributed by atoms with E-state index in [1.165, 1.54) is 0 Å². The van der Waals surface area contributed by atoms with Crippen molar-refractivity contribution in [2.75, 3.05) is 24.5 Å². The maximum Gasteiger partial charge on any atom is 0.249 e. The molecule has 2 fully saturated rings. The van der Waals surface area contributed by atoms with Crippen LogP contribution in [0, 0.1) is 35.0 Å². The lowest BCUT2D eigenvalue weighted by atomic mass is 10.0. The lowest BCUT2D eigenvalue weighted by Crippen LogP contribution is -2.39. The van der Waals surface area contributed by atoms with Gasteiger partial charge in [-0.25, -0.2) is 9.50 Å². The van der Waals surface area contributed by atoms with Gasteiger partial charge in [-0.15, -0.1) is 0 Å². The predicted octanol–water partition coefficient (Wildman–Crippen LogP) is 2.48. The zero-order valence-electron chi connectivity index (χ0n) is 21.6. The van der Waals surface area contributed by atoms with Gasteiger partial charge in [0.25, 0.3) is 0 Å². The summed E-state index contributed by atoms with van der Waals surface area (Å²) in [5.74, 6) is 2.09. The smallest absolute Gasteiger partial charge is 0.249 e. The van der Waals surface area contributed by atoms with Gasteiger partial charge in [0.1, 0.15) is 18.0 Å². The lowest BCUT2D eigenvalue weighted by molar-refractivity contribution is -0.131. The van der Waals surface area contributed by atoms with E-state index in [1.807, 2.05) is 57.8 Å². The third kappa shape index (κ3) is 4.19. The highest BCUT2D eigenvalue weighted by Crippen LogP contribution is 2.52. The van der Waals surface area contributed by atoms with Crippen LogP contribution >= 0.6 is 0 Å². The van der Waals surface area contributed by atoms with Crippen LogP contribution in [0.5, 0.6) is 0 Å². The number of hydrogen-bond donors (Lipinski definition) is 2. The molecule has 0 radical (unpaired) electrons. The molecule has 2 unspecified atom stereocenters. The van der Waals surface area contributed by atoms with Gasteiger partial charge in [0.15, 0.2) is 0 Å². The monoisotopic (exact) mass is 510 g/mol. The number of pyridine rings is 2. The van der Waals surface area contributed by atoms with Crippen molar-refractivity contribution in [2.45, 2.75) is 20.0 Å². The van der Waals surface area contributed by atoms with Gasteiger partial charge in [-0.2, -0.15) is 15.5 Å². The number of aromatic nitrogens is 5. The van der Waals surface area contributed by atoms with E-state index in [1.54, 1.807) is 15.4 Å². The Balaban J connectivity index is 1.18. The average Bonchev–Trinajstić information content (AvgIpc) is 3.36. The van der Waals surface area contributed by atoms with Crippen molar-refractivity contribution in [3.63, 3.8) is 0 Å². The predicted molar refractivity (Wildman–Crippen MR) is 142 cm³/mol. The van der Waals surface area contributed by atoms with Crippen LogP contribution < -0.4 is 10.2 Å². The van der Waals surface area contributed by atoms with Gasteiger partial charge in [0, 0.05) is 67.5 Å². The Morgan fingerprint density at radius 3 is 2.55 bits per heavy atom. The van der Waals surface area contributed by atoms with Crippen LogP contribution in [-0.2, 0) is 11.8 Å². The summed E-state index contributed by atoms with van der Waals surface area (Å²) >= 11 is 0. The van der Waals surface area contributed by atoms with Crippen LogP contribution in [0.15, 0.2) is 49.2 Å². The SMILES string of the molecule is CC(C)C(O)C(=O)NCC1[C@H]2CN(c3ccc(-c4cc(-c5cnn(C)c5)cn5ncc(C#N)c45)cn3)C[C@@H]12. The van der Waals surface area contributed by atoms with E-state index in [9.17, 15) is 15.2 Å². The molecule has 1 saturated carbocycles. The second-order valence-electron chi connectivity index (χ2n) is 10.7. The minimum atomic E-state index is -0.953. The van der Waals surface area contributed by atoms with Crippen molar-refractivity contribution in [1.29, 1.82) is 5.26 Å². The highest BCUT2D eigenvalue weighted by Gasteiger charge is 2.55. The van der Waals surface area contributed by atoms with Crippen molar-refractivity contribution >= 4 is 17.2 Å². The number of nitrogens with one attached hydrogen (secondary N) is 1. The van der Waals surface area contributed by atoms with Crippen LogP contribution in [0.3, 0.4) is 0 Å². The number of anilines is 1. The zero-order valence-corrected chi connectivity index (χ0v) is 21.6. The normalized spacial score (nSPS) is 20.9. The number of nitrogens with zero attached hydrogens (tertiary/aromatic N) is 7. The molecule has 5 heterocycles. The quantitative estimate of drug-likeness (QED) is 0.391. The molecule has 38 heavy (non-hydrogen) atoms. The van der Waals surface area contributed by atoms with Crippen LogP contribution in [0.1, 0.15) is 19.4 Å². The molecule has 0 bridgehead atoms. The van der Waals surface area contributed by atoms with E-state index in [-0.39, 0.29) is 11.8 Å². The lowest BCUT2D eigenvalue weighted by Gasteiger charge is -2.21. The first-order valence-electron chi connectivity index (χ1n) is 12.9. The minimum Gasteiger partial charge on any atom is -0.383 e. The second kappa shape index (κ2) is 9.26. The van der Waals surface area contributed by atoms with E-state index in [4.69, 9.17) is 4.98 Å². The van der Waals surface area contributed by atoms with E-state index >= 15 is 0 Å². The Labute approximate surface area is 220 Å². The first kappa shape index (κ1) is 24.1. The van der Waals surface area contributed by atoms with Crippen LogP contribution in [-0.4, -0.2) is 61.1 Å². The molecule has 10 heteroatoms. The largest absolute Gasteiger partial charge is 0.383 e. The molecule has 4 aromatic heterocycles. The van der Waals surface area contributed by atoms with E-state index in [0.717, 1.165) is 46.7 Å². The Kier molecular flexibility index (Phi) is 5.88. The first-order valence-corrected chi connectivity index (χ1v) is 12.9. The summed E-state index contributed by atoms with van der Waals surface area (Å²) in [6.07, 6.45) is 8.17. The summed E-state index contributed by atoms with van der Waals surface area (Å²) in [4.78, 5) is 19.1. The van der Waals surface area contributed by atoms with Crippen molar-refractivity contribution < 1.29 is 9.90 Å². The number of amides is 1. The maximum atomic E-state index is 12.1. The minimum absolute atomic E-state index is 0.0902. The highest BCUT2D eigenvalue weighted by molar-refractivity contribution is 5.87. The Morgan fingerprint density at radius 2 is 1.92 bits per heavy atom. The van der Waals surface area contributed by atoms with Crippen molar-refractivity contribution in [2.24, 2.45) is 30.7 Å². The molecule has 6 rings (SSSR count). The highest BCUT2D eigenvalue weighted by atomic mass is 16.3. The van der Waals surface area contributed by atoms with Crippen molar-refractivity contribution in [3.05, 3.63) is 54.7 Å². The third-order valence-electron chi connectivity index (χ3n) is 7.94. The molecular weight excluding hydrogens is 480 g/mol. The van der Waals surface area contributed by atoms with Crippen molar-refractivity contribution in [1.82, 2.24) is 29.7 Å². The molecule has 4 atom stereocenters. The number of hydrogen-bond acceptors (Lipinski definition) is 7. The van der Waals surface area contributed by atoms with Crippen LogP contribution in [0.4, 0.5) is 5.82 Å². The molecule has 194 valence electrons. The third-order valence-corrected chi connectivity index (χ3v) is 7.94. The van der Waals surface area contributed by atoms with Crippen molar-refractivity contribution in [3.8, 4) is 28.3 Å². The molecule has 1 aliphatic heterocycles. The number of fused-ring (bicyclic) bond motifs is 2. The molecule has 10 nitrogen and oxygen atoms in total. The summed E-state index contributed by atoms with van der Waals surface area (Å²) < 4.78 is 3.50. The standard InChI is InChI=1S/C28H30N8O2/c1-16(2)27(37)28(38)31-11-22-23-14-35(15-24(22)23)25-5-4-17(8-30-25)21-6-18(20-10-32-34(3)12-20)13-36-26(21)19(7-29)9-33-36/h4-6,8-10,12-13,16,22-24,27,37H,11,14-15H2,1-3H3,(H,31,38)/t22?,23-,24+,27?. The molecule has 0 aromatic carbocycles. The molecular formula is C28H30N8O2.